The van der Waals surface area contributed by atoms with Crippen LogP contribution < -0.4 is 10.6 Å². The fraction of sp³-hybridized carbons (Fsp3) is 0.0435. The number of para-hydroxylation sites is 1. The van der Waals surface area contributed by atoms with E-state index >= 15 is 0 Å². The molecule has 2 amide bonds. The summed E-state index contributed by atoms with van der Waals surface area (Å²) < 4.78 is 44.0. The number of nitro groups is 1. The first-order valence-corrected chi connectivity index (χ1v) is 9.69. The van der Waals surface area contributed by atoms with Crippen molar-refractivity contribution in [2.45, 2.75) is 6.18 Å². The first-order valence-electron chi connectivity index (χ1n) is 9.69. The number of rotatable bonds is 5. The maximum Gasteiger partial charge on any atom is 0.416 e. The van der Waals surface area contributed by atoms with Crippen LogP contribution in [0.15, 0.2) is 77.2 Å². The van der Waals surface area contributed by atoms with Crippen molar-refractivity contribution in [1.29, 1.82) is 0 Å². The standard InChI is InChI=1S/C23H14F3N3O5/c24-23(25,26)14-7-5-13(6-8-14)21(30)28-19-17-3-1-2-4-18(17)34-20(19)22(31)27-15-9-11-16(12-10-15)29(32)33/h1-12H,(H,27,31)(H,28,30). The highest BCUT2D eigenvalue weighted by molar-refractivity contribution is 6.16. The van der Waals surface area contributed by atoms with Crippen LogP contribution in [-0.2, 0) is 6.18 Å². The predicted octanol–water partition coefficient (Wildman–Crippen LogP) is 5.86. The zero-order valence-electron chi connectivity index (χ0n) is 17.1. The van der Waals surface area contributed by atoms with E-state index in [1.54, 1.807) is 24.3 Å². The number of benzene rings is 3. The zero-order chi connectivity index (χ0) is 24.5. The minimum atomic E-state index is -4.54. The largest absolute Gasteiger partial charge is 0.449 e. The lowest BCUT2D eigenvalue weighted by Crippen LogP contribution is -2.17. The van der Waals surface area contributed by atoms with Crippen molar-refractivity contribution in [3.8, 4) is 0 Å². The van der Waals surface area contributed by atoms with Crippen molar-refractivity contribution in [2.75, 3.05) is 10.6 Å². The Hall–Kier alpha value is -4.67. The van der Waals surface area contributed by atoms with Crippen molar-refractivity contribution < 1.29 is 32.1 Å². The fourth-order valence-electron chi connectivity index (χ4n) is 3.18. The Balaban J connectivity index is 1.63. The van der Waals surface area contributed by atoms with Gasteiger partial charge < -0.3 is 15.1 Å². The Morgan fingerprint density at radius 3 is 2.12 bits per heavy atom. The van der Waals surface area contributed by atoms with E-state index in [4.69, 9.17) is 4.42 Å². The van der Waals surface area contributed by atoms with Gasteiger partial charge in [-0.05, 0) is 48.5 Å². The van der Waals surface area contributed by atoms with Crippen LogP contribution in [0.5, 0.6) is 0 Å². The fourth-order valence-corrected chi connectivity index (χ4v) is 3.18. The molecule has 3 aromatic carbocycles. The van der Waals surface area contributed by atoms with Crippen LogP contribution in [-0.4, -0.2) is 16.7 Å². The van der Waals surface area contributed by atoms with Gasteiger partial charge in [-0.1, -0.05) is 12.1 Å². The third-order valence-corrected chi connectivity index (χ3v) is 4.85. The summed E-state index contributed by atoms with van der Waals surface area (Å²) in [6.45, 7) is 0. The van der Waals surface area contributed by atoms with Gasteiger partial charge in [0.1, 0.15) is 11.3 Å². The van der Waals surface area contributed by atoms with E-state index in [0.717, 1.165) is 24.3 Å². The van der Waals surface area contributed by atoms with Crippen LogP contribution >= 0.6 is 0 Å². The van der Waals surface area contributed by atoms with Crippen LogP contribution in [0.25, 0.3) is 11.0 Å². The maximum atomic E-state index is 12.9. The number of nitrogens with zero attached hydrogens (tertiary/aromatic N) is 1. The van der Waals surface area contributed by atoms with E-state index in [1.165, 1.54) is 24.3 Å². The number of halogens is 3. The summed E-state index contributed by atoms with van der Waals surface area (Å²) >= 11 is 0. The highest BCUT2D eigenvalue weighted by atomic mass is 19.4. The number of non-ortho nitro benzene ring substituents is 1. The van der Waals surface area contributed by atoms with E-state index in [0.29, 0.717) is 11.0 Å². The number of hydrogen-bond donors (Lipinski definition) is 2. The van der Waals surface area contributed by atoms with Crippen molar-refractivity contribution in [3.05, 3.63) is 99.8 Å². The molecule has 4 aromatic rings. The van der Waals surface area contributed by atoms with E-state index in [-0.39, 0.29) is 28.4 Å². The van der Waals surface area contributed by atoms with Gasteiger partial charge in [-0.25, -0.2) is 0 Å². The van der Waals surface area contributed by atoms with Gasteiger partial charge >= 0.3 is 6.18 Å². The normalized spacial score (nSPS) is 11.3. The number of fused-ring (bicyclic) bond motifs is 1. The second-order valence-corrected chi connectivity index (χ2v) is 7.09. The van der Waals surface area contributed by atoms with Crippen LogP contribution in [0.1, 0.15) is 26.5 Å². The van der Waals surface area contributed by atoms with Gasteiger partial charge in [0.15, 0.2) is 0 Å². The molecule has 0 atom stereocenters. The second kappa shape index (κ2) is 8.70. The Morgan fingerprint density at radius 2 is 1.50 bits per heavy atom. The van der Waals surface area contributed by atoms with E-state index < -0.39 is 28.5 Å². The lowest BCUT2D eigenvalue weighted by molar-refractivity contribution is -0.384. The van der Waals surface area contributed by atoms with Gasteiger partial charge in [0, 0.05) is 28.8 Å². The molecule has 11 heteroatoms. The van der Waals surface area contributed by atoms with Crippen molar-refractivity contribution >= 4 is 39.8 Å². The molecule has 1 aromatic heterocycles. The molecule has 34 heavy (non-hydrogen) atoms. The molecule has 2 N–H and O–H groups in total. The van der Waals surface area contributed by atoms with E-state index in [1.807, 2.05) is 0 Å². The lowest BCUT2D eigenvalue weighted by Gasteiger charge is -2.09. The van der Waals surface area contributed by atoms with Gasteiger partial charge in [0.05, 0.1) is 10.5 Å². The van der Waals surface area contributed by atoms with Gasteiger partial charge in [0.25, 0.3) is 17.5 Å². The Bertz CT molecular complexity index is 1390. The Kier molecular flexibility index (Phi) is 5.76. The number of amides is 2. The molecule has 0 bridgehead atoms. The number of nitro benzene ring substituents is 1. The molecule has 0 radical (unpaired) electrons. The van der Waals surface area contributed by atoms with E-state index in [9.17, 15) is 32.9 Å². The molecule has 172 valence electrons. The van der Waals surface area contributed by atoms with Crippen molar-refractivity contribution in [1.82, 2.24) is 0 Å². The third-order valence-electron chi connectivity index (χ3n) is 4.85. The number of carbonyl (C=O) groups excluding carboxylic acids is 2. The summed E-state index contributed by atoms with van der Waals surface area (Å²) in [4.78, 5) is 35.8. The highest BCUT2D eigenvalue weighted by Gasteiger charge is 2.30. The number of furan rings is 1. The first kappa shape index (κ1) is 22.5. The quantitative estimate of drug-likeness (QED) is 0.281. The van der Waals surface area contributed by atoms with Crippen LogP contribution in [0.2, 0.25) is 0 Å². The van der Waals surface area contributed by atoms with E-state index in [2.05, 4.69) is 10.6 Å². The highest BCUT2D eigenvalue weighted by Crippen LogP contribution is 2.33. The minimum Gasteiger partial charge on any atom is -0.449 e. The summed E-state index contributed by atoms with van der Waals surface area (Å²) in [6.07, 6.45) is -4.54. The van der Waals surface area contributed by atoms with Gasteiger partial charge in [0.2, 0.25) is 5.76 Å². The molecule has 1 heterocycles. The topological polar surface area (TPSA) is 114 Å². The molecule has 8 nitrogen and oxygen atoms in total. The Morgan fingerprint density at radius 1 is 0.853 bits per heavy atom. The van der Waals surface area contributed by atoms with Crippen LogP contribution in [0.3, 0.4) is 0 Å². The van der Waals surface area contributed by atoms with Crippen LogP contribution in [0, 0.1) is 10.1 Å². The number of nitrogens with one attached hydrogen (secondary N) is 2. The second-order valence-electron chi connectivity index (χ2n) is 7.09. The average Bonchev–Trinajstić information content (AvgIpc) is 3.17. The molecule has 0 saturated carbocycles. The maximum absolute atomic E-state index is 12.9. The summed E-state index contributed by atoms with van der Waals surface area (Å²) in [5.41, 5.74) is -0.553. The smallest absolute Gasteiger partial charge is 0.416 e. The molecular formula is C23H14F3N3O5. The lowest BCUT2D eigenvalue weighted by atomic mass is 10.1. The molecule has 0 aliphatic heterocycles. The molecule has 4 rings (SSSR count). The van der Waals surface area contributed by atoms with Gasteiger partial charge in [-0.2, -0.15) is 13.2 Å². The number of hydrogen-bond acceptors (Lipinski definition) is 5. The van der Waals surface area contributed by atoms with Crippen molar-refractivity contribution in [3.63, 3.8) is 0 Å². The number of carbonyl (C=O) groups is 2. The van der Waals surface area contributed by atoms with Gasteiger partial charge in [-0.15, -0.1) is 0 Å². The molecule has 0 aliphatic rings. The summed E-state index contributed by atoms with van der Waals surface area (Å²) in [6, 6.07) is 15.2. The average molecular weight is 469 g/mol. The van der Waals surface area contributed by atoms with Crippen LogP contribution in [0.4, 0.5) is 30.2 Å². The SMILES string of the molecule is O=C(Nc1c(C(=O)Nc2ccc([N+](=O)[O-])cc2)oc2ccccc12)c1ccc(C(F)(F)F)cc1. The van der Waals surface area contributed by atoms with Gasteiger partial charge in [-0.3, -0.25) is 19.7 Å². The predicted molar refractivity (Wildman–Crippen MR) is 117 cm³/mol. The molecule has 0 fully saturated rings. The Labute approximate surface area is 189 Å². The number of anilines is 2. The molecule has 0 spiro atoms. The molecule has 0 saturated heterocycles. The molecular weight excluding hydrogens is 455 g/mol. The summed E-state index contributed by atoms with van der Waals surface area (Å²) in [5.74, 6) is -1.74. The minimum absolute atomic E-state index is 0.0277. The first-order chi connectivity index (χ1) is 16.1. The summed E-state index contributed by atoms with van der Waals surface area (Å²) in [7, 11) is 0. The third kappa shape index (κ3) is 4.58. The molecule has 0 unspecified atom stereocenters. The molecule has 0 aliphatic carbocycles. The van der Waals surface area contributed by atoms with Crippen molar-refractivity contribution in [2.24, 2.45) is 0 Å². The zero-order valence-corrected chi connectivity index (χ0v) is 17.1. The number of alkyl halides is 3. The summed E-state index contributed by atoms with van der Waals surface area (Å²) in [5, 5.41) is 16.3. The monoisotopic (exact) mass is 469 g/mol.